The minimum atomic E-state index is -0.442. The van der Waals surface area contributed by atoms with E-state index >= 15 is 0 Å². The summed E-state index contributed by atoms with van der Waals surface area (Å²) in [4.78, 5) is 19.7. The minimum Gasteiger partial charge on any atom is -0.373 e. The molecule has 0 aromatic carbocycles. The molecule has 0 aliphatic heterocycles. The lowest BCUT2D eigenvalue weighted by Gasteiger charge is -2.26. The Morgan fingerprint density at radius 2 is 1.83 bits per heavy atom. The normalized spacial score (nSPS) is 11.2. The molecule has 1 amide bonds. The van der Waals surface area contributed by atoms with E-state index in [2.05, 4.69) is 20.6 Å². The van der Waals surface area contributed by atoms with Crippen LogP contribution in [-0.4, -0.2) is 28.5 Å². The first-order valence-corrected chi connectivity index (χ1v) is 5.84. The Labute approximate surface area is 107 Å². The van der Waals surface area contributed by atoms with Gasteiger partial charge in [0.1, 0.15) is 17.5 Å². The highest BCUT2D eigenvalue weighted by molar-refractivity contribution is 5.75. The lowest BCUT2D eigenvalue weighted by molar-refractivity contribution is -0.118. The summed E-state index contributed by atoms with van der Waals surface area (Å²) in [6, 6.07) is 0. The molecule has 0 aliphatic carbocycles. The summed E-state index contributed by atoms with van der Waals surface area (Å²) in [5, 5.41) is 6.26. The second kappa shape index (κ2) is 5.20. The van der Waals surface area contributed by atoms with Crippen molar-refractivity contribution in [2.75, 3.05) is 17.7 Å². The number of nitrogens with zero attached hydrogens (tertiary/aromatic N) is 2. The van der Waals surface area contributed by atoms with Crippen LogP contribution in [0.25, 0.3) is 0 Å². The van der Waals surface area contributed by atoms with Gasteiger partial charge >= 0.3 is 0 Å². The van der Waals surface area contributed by atoms with E-state index in [0.717, 1.165) is 17.2 Å². The monoisotopic (exact) mass is 251 g/mol. The van der Waals surface area contributed by atoms with Gasteiger partial charge in [0.15, 0.2) is 0 Å². The number of carbonyl (C=O) groups is 1. The summed E-state index contributed by atoms with van der Waals surface area (Å²) in [5.74, 6) is 1.82. The van der Waals surface area contributed by atoms with E-state index in [-0.39, 0.29) is 12.3 Å². The molecule has 1 aromatic heterocycles. The molecular formula is C12H21N5O. The molecule has 0 bridgehead atoms. The third kappa shape index (κ3) is 3.58. The number of primary amides is 1. The van der Waals surface area contributed by atoms with Crippen LogP contribution in [0.3, 0.4) is 0 Å². The second-order valence-corrected chi connectivity index (χ2v) is 5.00. The molecule has 0 aliphatic rings. The lowest BCUT2D eigenvalue weighted by Crippen LogP contribution is -2.36. The van der Waals surface area contributed by atoms with Gasteiger partial charge in [-0.05, 0) is 27.7 Å². The van der Waals surface area contributed by atoms with Gasteiger partial charge in [-0.2, -0.15) is 0 Å². The van der Waals surface area contributed by atoms with Gasteiger partial charge in [-0.1, -0.05) is 0 Å². The number of anilines is 2. The molecular weight excluding hydrogens is 230 g/mol. The van der Waals surface area contributed by atoms with Gasteiger partial charge < -0.3 is 16.4 Å². The van der Waals surface area contributed by atoms with E-state index in [1.165, 1.54) is 0 Å². The molecule has 0 spiro atoms. The lowest BCUT2D eigenvalue weighted by atomic mass is 10.00. The predicted molar refractivity (Wildman–Crippen MR) is 72.6 cm³/mol. The fourth-order valence-corrected chi connectivity index (χ4v) is 1.79. The van der Waals surface area contributed by atoms with Crippen molar-refractivity contribution in [3.63, 3.8) is 0 Å². The van der Waals surface area contributed by atoms with Crippen molar-refractivity contribution in [1.82, 2.24) is 9.97 Å². The molecule has 0 unspecified atom stereocenters. The molecule has 0 saturated heterocycles. The van der Waals surface area contributed by atoms with Crippen LogP contribution in [0.5, 0.6) is 0 Å². The third-order valence-electron chi connectivity index (χ3n) is 2.57. The summed E-state index contributed by atoms with van der Waals surface area (Å²) in [6.45, 7) is 7.57. The average molecular weight is 251 g/mol. The molecule has 0 fully saturated rings. The zero-order valence-corrected chi connectivity index (χ0v) is 11.6. The van der Waals surface area contributed by atoms with E-state index in [1.54, 1.807) is 0 Å². The summed E-state index contributed by atoms with van der Waals surface area (Å²) in [7, 11) is 1.81. The number of hydrogen-bond donors (Lipinski definition) is 3. The Balaban J connectivity index is 3.03. The maximum atomic E-state index is 11.0. The van der Waals surface area contributed by atoms with E-state index in [9.17, 15) is 4.79 Å². The standard InChI is InChI=1S/C12H21N5O/c1-7-10(14-5)15-8(2)16-11(7)17-12(3,4)6-9(13)18/h6H2,1-5H3,(H2,13,18)(H2,14,15,16,17). The summed E-state index contributed by atoms with van der Waals surface area (Å²) >= 11 is 0. The molecule has 4 N–H and O–H groups in total. The van der Waals surface area contributed by atoms with Crippen LogP contribution >= 0.6 is 0 Å². The third-order valence-corrected chi connectivity index (χ3v) is 2.57. The first-order valence-electron chi connectivity index (χ1n) is 5.84. The maximum absolute atomic E-state index is 11.0. The van der Waals surface area contributed by atoms with Gasteiger partial charge in [0.05, 0.1) is 0 Å². The van der Waals surface area contributed by atoms with Gasteiger partial charge in [-0.15, -0.1) is 0 Å². The van der Waals surface area contributed by atoms with Gasteiger partial charge in [0.2, 0.25) is 5.91 Å². The molecule has 0 saturated carbocycles. The highest BCUT2D eigenvalue weighted by atomic mass is 16.1. The van der Waals surface area contributed by atoms with Crippen LogP contribution in [-0.2, 0) is 4.79 Å². The van der Waals surface area contributed by atoms with Gasteiger partial charge in [0, 0.05) is 24.6 Å². The van der Waals surface area contributed by atoms with Crippen molar-refractivity contribution in [3.8, 4) is 0 Å². The minimum absolute atomic E-state index is 0.240. The molecule has 6 nitrogen and oxygen atoms in total. The Bertz CT molecular complexity index is 456. The van der Waals surface area contributed by atoms with E-state index in [0.29, 0.717) is 5.82 Å². The summed E-state index contributed by atoms with van der Waals surface area (Å²) < 4.78 is 0. The summed E-state index contributed by atoms with van der Waals surface area (Å²) in [6.07, 6.45) is 0.240. The van der Waals surface area contributed by atoms with Crippen LogP contribution < -0.4 is 16.4 Å². The van der Waals surface area contributed by atoms with Crippen molar-refractivity contribution < 1.29 is 4.79 Å². The highest BCUT2D eigenvalue weighted by Crippen LogP contribution is 2.23. The number of amides is 1. The molecule has 100 valence electrons. The number of hydrogen-bond acceptors (Lipinski definition) is 5. The zero-order valence-electron chi connectivity index (χ0n) is 11.6. The number of rotatable bonds is 5. The largest absolute Gasteiger partial charge is 0.373 e. The van der Waals surface area contributed by atoms with Crippen LogP contribution in [0, 0.1) is 13.8 Å². The van der Waals surface area contributed by atoms with Crippen LogP contribution in [0.15, 0.2) is 0 Å². The van der Waals surface area contributed by atoms with Crippen molar-refractivity contribution in [3.05, 3.63) is 11.4 Å². The van der Waals surface area contributed by atoms with Crippen molar-refractivity contribution in [1.29, 1.82) is 0 Å². The maximum Gasteiger partial charge on any atom is 0.219 e. The van der Waals surface area contributed by atoms with Gasteiger partial charge in [0.25, 0.3) is 0 Å². The Kier molecular flexibility index (Phi) is 4.11. The SMILES string of the molecule is CNc1nc(C)nc(NC(C)(C)CC(N)=O)c1C. The fraction of sp³-hybridized carbons (Fsp3) is 0.583. The second-order valence-electron chi connectivity index (χ2n) is 5.00. The summed E-state index contributed by atoms with van der Waals surface area (Å²) in [5.41, 5.74) is 5.71. The van der Waals surface area contributed by atoms with E-state index in [1.807, 2.05) is 34.7 Å². The number of nitrogens with one attached hydrogen (secondary N) is 2. The van der Waals surface area contributed by atoms with E-state index in [4.69, 9.17) is 5.73 Å². The zero-order chi connectivity index (χ0) is 13.9. The van der Waals surface area contributed by atoms with Crippen LogP contribution in [0.2, 0.25) is 0 Å². The van der Waals surface area contributed by atoms with Gasteiger partial charge in [-0.3, -0.25) is 4.79 Å². The van der Waals surface area contributed by atoms with Crippen LogP contribution in [0.4, 0.5) is 11.6 Å². The molecule has 1 rings (SSSR count). The fourth-order valence-electron chi connectivity index (χ4n) is 1.79. The number of aromatic nitrogens is 2. The molecule has 18 heavy (non-hydrogen) atoms. The smallest absolute Gasteiger partial charge is 0.219 e. The van der Waals surface area contributed by atoms with Crippen molar-refractivity contribution in [2.24, 2.45) is 5.73 Å². The Morgan fingerprint density at radius 1 is 1.28 bits per heavy atom. The van der Waals surface area contributed by atoms with Crippen molar-refractivity contribution >= 4 is 17.5 Å². The van der Waals surface area contributed by atoms with Crippen molar-refractivity contribution in [2.45, 2.75) is 39.7 Å². The number of aryl methyl sites for hydroxylation is 1. The van der Waals surface area contributed by atoms with Crippen LogP contribution in [0.1, 0.15) is 31.7 Å². The molecule has 0 atom stereocenters. The highest BCUT2D eigenvalue weighted by Gasteiger charge is 2.22. The Hall–Kier alpha value is -1.85. The Morgan fingerprint density at radius 3 is 2.33 bits per heavy atom. The average Bonchev–Trinajstić information content (AvgIpc) is 2.20. The molecule has 1 heterocycles. The number of nitrogens with two attached hydrogens (primary N) is 1. The molecule has 0 radical (unpaired) electrons. The molecule has 1 aromatic rings. The number of carbonyl (C=O) groups excluding carboxylic acids is 1. The van der Waals surface area contributed by atoms with Gasteiger partial charge in [-0.25, -0.2) is 9.97 Å². The quantitative estimate of drug-likeness (QED) is 0.731. The first-order chi connectivity index (χ1) is 8.25. The van der Waals surface area contributed by atoms with E-state index < -0.39 is 5.54 Å². The predicted octanol–water partition coefficient (Wildman–Crippen LogP) is 1.20. The first kappa shape index (κ1) is 14.2. The topological polar surface area (TPSA) is 92.9 Å². The molecule has 6 heteroatoms.